The van der Waals surface area contributed by atoms with Crippen molar-refractivity contribution in [3.63, 3.8) is 0 Å². The zero-order valence-corrected chi connectivity index (χ0v) is 15.4. The molecule has 0 heteroatoms. The minimum atomic E-state index is 0.388. The Bertz CT molecular complexity index is 243. The quantitative estimate of drug-likeness (QED) is 0.476. The van der Waals surface area contributed by atoms with Gasteiger partial charge in [0.15, 0.2) is 0 Å². The molecule has 0 aromatic carbocycles. The lowest BCUT2D eigenvalue weighted by Gasteiger charge is -2.43. The van der Waals surface area contributed by atoms with Gasteiger partial charge in [0.05, 0.1) is 0 Å². The lowest BCUT2D eigenvalue weighted by Crippen LogP contribution is -2.34. The first-order valence-corrected chi connectivity index (χ1v) is 8.44. The molecule has 0 amide bonds. The lowest BCUT2D eigenvalue weighted by atomic mass is 9.62. The van der Waals surface area contributed by atoms with Gasteiger partial charge in [0.1, 0.15) is 0 Å². The molecule has 0 rings (SSSR count). The maximum absolute atomic E-state index is 2.47. The largest absolute Gasteiger partial charge is 0.0654 e. The van der Waals surface area contributed by atoms with Gasteiger partial charge in [-0.2, -0.15) is 0 Å². The van der Waals surface area contributed by atoms with Gasteiger partial charge in [-0.1, -0.05) is 82.1 Å². The van der Waals surface area contributed by atoms with Crippen LogP contribution in [0.15, 0.2) is 0 Å². The van der Waals surface area contributed by atoms with Crippen LogP contribution in [0.4, 0.5) is 0 Å². The Kier molecular flexibility index (Phi) is 7.14. The molecule has 0 aliphatic carbocycles. The average molecular weight is 269 g/mol. The van der Waals surface area contributed by atoms with Gasteiger partial charge in [-0.3, -0.25) is 0 Å². The minimum absolute atomic E-state index is 0.388. The summed E-state index contributed by atoms with van der Waals surface area (Å²) in [5, 5.41) is 0. The first kappa shape index (κ1) is 19.0. The summed E-state index contributed by atoms with van der Waals surface area (Å²) < 4.78 is 0. The van der Waals surface area contributed by atoms with Crippen LogP contribution < -0.4 is 0 Å². The van der Waals surface area contributed by atoms with Crippen LogP contribution in [0.25, 0.3) is 0 Å². The van der Waals surface area contributed by atoms with Crippen molar-refractivity contribution in [1.29, 1.82) is 0 Å². The molecular formula is C19H40. The van der Waals surface area contributed by atoms with Crippen LogP contribution in [0.2, 0.25) is 0 Å². The standard InChI is InChI=1S/C19H40/c1-11-12-14(2)16(4)17(5)15(3)13-19(9,10)18(6,7)8/h14-17H,11-13H2,1-10H3. The molecule has 0 N–H and O–H groups in total. The van der Waals surface area contributed by atoms with Crippen LogP contribution in [0.1, 0.15) is 88.5 Å². The number of hydrogen-bond acceptors (Lipinski definition) is 0. The normalized spacial score (nSPS) is 19.9. The van der Waals surface area contributed by atoms with Gasteiger partial charge in [-0.05, 0) is 40.9 Å². The first-order valence-electron chi connectivity index (χ1n) is 8.44. The molecule has 4 unspecified atom stereocenters. The molecule has 0 saturated heterocycles. The van der Waals surface area contributed by atoms with Gasteiger partial charge in [0.2, 0.25) is 0 Å². The van der Waals surface area contributed by atoms with Crippen molar-refractivity contribution in [1.82, 2.24) is 0 Å². The van der Waals surface area contributed by atoms with E-state index in [-0.39, 0.29) is 0 Å². The monoisotopic (exact) mass is 268 g/mol. The molecule has 0 aromatic heterocycles. The van der Waals surface area contributed by atoms with Gasteiger partial charge in [-0.15, -0.1) is 0 Å². The highest BCUT2D eigenvalue weighted by atomic mass is 14.4. The predicted molar refractivity (Wildman–Crippen MR) is 89.4 cm³/mol. The van der Waals surface area contributed by atoms with Gasteiger partial charge in [0, 0.05) is 0 Å². The van der Waals surface area contributed by atoms with Crippen molar-refractivity contribution < 1.29 is 0 Å². The molecule has 0 aliphatic heterocycles. The Hall–Kier alpha value is 0. The van der Waals surface area contributed by atoms with E-state index in [1.165, 1.54) is 19.3 Å². The van der Waals surface area contributed by atoms with Gasteiger partial charge in [0.25, 0.3) is 0 Å². The molecule has 19 heavy (non-hydrogen) atoms. The van der Waals surface area contributed by atoms with E-state index in [4.69, 9.17) is 0 Å². The molecule has 4 atom stereocenters. The van der Waals surface area contributed by atoms with Crippen LogP contribution in [-0.4, -0.2) is 0 Å². The first-order chi connectivity index (χ1) is 8.44. The highest BCUT2D eigenvalue weighted by Crippen LogP contribution is 2.45. The maximum Gasteiger partial charge on any atom is -0.0303 e. The van der Waals surface area contributed by atoms with Gasteiger partial charge >= 0.3 is 0 Å². The second-order valence-electron chi connectivity index (χ2n) is 8.80. The second-order valence-corrected chi connectivity index (χ2v) is 8.80. The fourth-order valence-electron chi connectivity index (χ4n) is 3.05. The smallest absolute Gasteiger partial charge is 0.0303 e. The molecule has 0 nitrogen and oxygen atoms in total. The molecular weight excluding hydrogens is 228 g/mol. The number of hydrogen-bond donors (Lipinski definition) is 0. The van der Waals surface area contributed by atoms with E-state index >= 15 is 0 Å². The summed E-state index contributed by atoms with van der Waals surface area (Å²) in [6.07, 6.45) is 4.03. The molecule has 0 bridgehead atoms. The van der Waals surface area contributed by atoms with E-state index in [9.17, 15) is 0 Å². The molecule has 0 aliphatic rings. The molecule has 0 spiro atoms. The van der Waals surface area contributed by atoms with Crippen LogP contribution in [0.5, 0.6) is 0 Å². The fourth-order valence-corrected chi connectivity index (χ4v) is 3.05. The summed E-state index contributed by atoms with van der Waals surface area (Å²) in [7, 11) is 0. The zero-order valence-electron chi connectivity index (χ0n) is 15.4. The zero-order chi connectivity index (χ0) is 15.4. The third-order valence-electron chi connectivity index (χ3n) is 6.23. The summed E-state index contributed by atoms with van der Waals surface area (Å²) in [6.45, 7) is 24.2. The lowest BCUT2D eigenvalue weighted by molar-refractivity contribution is 0.0701. The Morgan fingerprint density at radius 2 is 1.16 bits per heavy atom. The Labute approximate surface area is 123 Å². The minimum Gasteiger partial charge on any atom is -0.0654 e. The van der Waals surface area contributed by atoms with Crippen molar-refractivity contribution in [2.24, 2.45) is 34.5 Å². The number of rotatable bonds is 7. The van der Waals surface area contributed by atoms with Crippen LogP contribution >= 0.6 is 0 Å². The third-order valence-corrected chi connectivity index (χ3v) is 6.23. The van der Waals surface area contributed by atoms with E-state index in [1.54, 1.807) is 0 Å². The van der Waals surface area contributed by atoms with Crippen molar-refractivity contribution in [3.8, 4) is 0 Å². The van der Waals surface area contributed by atoms with Crippen LogP contribution in [-0.2, 0) is 0 Å². The Morgan fingerprint density at radius 1 is 0.737 bits per heavy atom. The molecule has 0 saturated carbocycles. The Balaban J connectivity index is 4.62. The fraction of sp³-hybridized carbons (Fsp3) is 1.00. The molecule has 0 radical (unpaired) electrons. The highest BCUT2D eigenvalue weighted by molar-refractivity contribution is 4.86. The van der Waals surface area contributed by atoms with Gasteiger partial charge < -0.3 is 0 Å². The average Bonchev–Trinajstić information content (AvgIpc) is 2.25. The molecule has 0 fully saturated rings. The predicted octanol–water partition coefficient (Wildman–Crippen LogP) is 6.79. The topological polar surface area (TPSA) is 0 Å². The van der Waals surface area contributed by atoms with E-state index in [2.05, 4.69) is 69.2 Å². The summed E-state index contributed by atoms with van der Waals surface area (Å²) in [5.41, 5.74) is 0.799. The van der Waals surface area contributed by atoms with Crippen molar-refractivity contribution in [3.05, 3.63) is 0 Å². The summed E-state index contributed by atoms with van der Waals surface area (Å²) in [6, 6.07) is 0. The molecule has 0 heterocycles. The molecule has 0 aromatic rings. The van der Waals surface area contributed by atoms with Crippen LogP contribution in [0.3, 0.4) is 0 Å². The summed E-state index contributed by atoms with van der Waals surface area (Å²) >= 11 is 0. The van der Waals surface area contributed by atoms with Crippen LogP contribution in [0, 0.1) is 34.5 Å². The highest BCUT2D eigenvalue weighted by Gasteiger charge is 2.36. The van der Waals surface area contributed by atoms with Crippen molar-refractivity contribution in [2.45, 2.75) is 88.5 Å². The van der Waals surface area contributed by atoms with E-state index in [0.29, 0.717) is 10.8 Å². The SMILES string of the molecule is CCCC(C)C(C)C(C)C(C)CC(C)(C)C(C)(C)C. The van der Waals surface area contributed by atoms with Crippen molar-refractivity contribution in [2.75, 3.05) is 0 Å². The van der Waals surface area contributed by atoms with E-state index < -0.39 is 0 Å². The second kappa shape index (κ2) is 7.14. The van der Waals surface area contributed by atoms with Crippen molar-refractivity contribution >= 4 is 0 Å². The van der Waals surface area contributed by atoms with Gasteiger partial charge in [-0.25, -0.2) is 0 Å². The van der Waals surface area contributed by atoms with E-state index in [0.717, 1.165) is 23.7 Å². The molecule has 116 valence electrons. The third kappa shape index (κ3) is 5.48. The Morgan fingerprint density at radius 3 is 1.53 bits per heavy atom. The summed E-state index contributed by atoms with van der Waals surface area (Å²) in [5.74, 6) is 3.33. The maximum atomic E-state index is 2.47. The summed E-state index contributed by atoms with van der Waals surface area (Å²) in [4.78, 5) is 0. The van der Waals surface area contributed by atoms with E-state index in [1.807, 2.05) is 0 Å².